The molecule has 2 saturated carbocycles. The van der Waals surface area contributed by atoms with Gasteiger partial charge >= 0.3 is 0 Å². The Morgan fingerprint density at radius 3 is 1.93 bits per heavy atom. The molecule has 0 bridgehead atoms. The van der Waals surface area contributed by atoms with Crippen molar-refractivity contribution in [3.8, 4) is 11.1 Å². The van der Waals surface area contributed by atoms with Gasteiger partial charge in [-0.05, 0) is 55.1 Å². The van der Waals surface area contributed by atoms with E-state index in [4.69, 9.17) is 0 Å². The summed E-state index contributed by atoms with van der Waals surface area (Å²) in [5, 5.41) is 0. The van der Waals surface area contributed by atoms with E-state index in [1.54, 1.807) is 6.07 Å². The molecule has 0 amide bonds. The van der Waals surface area contributed by atoms with Crippen molar-refractivity contribution in [3.63, 3.8) is 0 Å². The van der Waals surface area contributed by atoms with Gasteiger partial charge in [-0.15, -0.1) is 0 Å². The lowest BCUT2D eigenvalue weighted by atomic mass is 9.70. The zero-order valence-electron chi connectivity index (χ0n) is 16.0. The summed E-state index contributed by atoms with van der Waals surface area (Å²) in [5.41, 5.74) is -0.0988. The average molecular weight is 390 g/mol. The maximum absolute atomic E-state index is 14.8. The van der Waals surface area contributed by atoms with E-state index >= 15 is 0 Å². The average Bonchev–Trinajstić information content (AvgIpc) is 2.73. The molecule has 28 heavy (non-hydrogen) atoms. The fourth-order valence-corrected chi connectivity index (χ4v) is 5.31. The molecule has 0 unspecified atom stereocenters. The van der Waals surface area contributed by atoms with Crippen molar-refractivity contribution in [2.24, 2.45) is 11.8 Å². The van der Waals surface area contributed by atoms with Crippen LogP contribution < -0.4 is 0 Å². The molecular formula is C24H26F4. The van der Waals surface area contributed by atoms with Crippen LogP contribution in [0.3, 0.4) is 0 Å². The lowest BCUT2D eigenvalue weighted by Crippen LogP contribution is -2.23. The summed E-state index contributed by atoms with van der Waals surface area (Å²) in [5.74, 6) is -2.71. The van der Waals surface area contributed by atoms with Gasteiger partial charge in [0.05, 0.1) is 0 Å². The minimum atomic E-state index is -1.15. The van der Waals surface area contributed by atoms with Crippen molar-refractivity contribution < 1.29 is 17.6 Å². The first-order valence-corrected chi connectivity index (χ1v) is 10.5. The van der Waals surface area contributed by atoms with Crippen LogP contribution in [0.2, 0.25) is 0 Å². The molecule has 0 nitrogen and oxygen atoms in total. The standard InChI is InChI=1S/C24H26F4/c25-21-8-4-7-19(22(21)26)20-14-13-18(23(27)24(20)28)17-11-9-16(10-12-17)15-5-2-1-3-6-15/h4,7-8,13-17H,1-3,5-6,9-12H2. The Bertz CT molecular complexity index is 831. The fourth-order valence-electron chi connectivity index (χ4n) is 5.31. The number of hydrogen-bond acceptors (Lipinski definition) is 0. The molecule has 2 aromatic rings. The second kappa shape index (κ2) is 8.26. The van der Waals surface area contributed by atoms with Crippen molar-refractivity contribution in [2.45, 2.75) is 63.7 Å². The van der Waals surface area contributed by atoms with Crippen LogP contribution in [0.25, 0.3) is 11.1 Å². The summed E-state index contributed by atoms with van der Waals surface area (Å²) < 4.78 is 57.0. The Balaban J connectivity index is 1.52. The van der Waals surface area contributed by atoms with Gasteiger partial charge in [-0.2, -0.15) is 0 Å². The second-order valence-electron chi connectivity index (χ2n) is 8.44. The lowest BCUT2D eigenvalue weighted by Gasteiger charge is -2.36. The van der Waals surface area contributed by atoms with E-state index in [1.165, 1.54) is 50.3 Å². The number of halogens is 4. The summed E-state index contributed by atoms with van der Waals surface area (Å²) in [6.07, 6.45) is 10.5. The highest BCUT2D eigenvalue weighted by atomic mass is 19.2. The predicted octanol–water partition coefficient (Wildman–Crippen LogP) is 7.76. The first kappa shape index (κ1) is 19.5. The third-order valence-corrected chi connectivity index (χ3v) is 6.88. The smallest absolute Gasteiger partial charge is 0.167 e. The third-order valence-electron chi connectivity index (χ3n) is 6.88. The Morgan fingerprint density at radius 1 is 0.571 bits per heavy atom. The highest BCUT2D eigenvalue weighted by Gasteiger charge is 2.31. The first-order chi connectivity index (χ1) is 13.6. The monoisotopic (exact) mass is 390 g/mol. The molecule has 0 heterocycles. The lowest BCUT2D eigenvalue weighted by molar-refractivity contribution is 0.185. The summed E-state index contributed by atoms with van der Waals surface area (Å²) in [6.45, 7) is 0. The highest BCUT2D eigenvalue weighted by Crippen LogP contribution is 2.44. The van der Waals surface area contributed by atoms with Gasteiger partial charge in [-0.1, -0.05) is 56.4 Å². The van der Waals surface area contributed by atoms with E-state index in [0.717, 1.165) is 37.7 Å². The first-order valence-electron chi connectivity index (χ1n) is 10.5. The van der Waals surface area contributed by atoms with Crippen LogP contribution in [-0.2, 0) is 0 Å². The van der Waals surface area contributed by atoms with Gasteiger partial charge in [-0.3, -0.25) is 0 Å². The minimum Gasteiger partial charge on any atom is -0.204 e. The van der Waals surface area contributed by atoms with E-state index in [-0.39, 0.29) is 17.0 Å². The van der Waals surface area contributed by atoms with Gasteiger partial charge in [-0.25, -0.2) is 17.6 Å². The molecule has 150 valence electrons. The van der Waals surface area contributed by atoms with Crippen LogP contribution in [0.15, 0.2) is 30.3 Å². The zero-order chi connectivity index (χ0) is 19.7. The van der Waals surface area contributed by atoms with Crippen LogP contribution in [0.4, 0.5) is 17.6 Å². The van der Waals surface area contributed by atoms with Gasteiger partial charge in [0.25, 0.3) is 0 Å². The molecule has 2 fully saturated rings. The molecule has 2 aliphatic rings. The number of benzene rings is 2. The van der Waals surface area contributed by atoms with Crippen LogP contribution in [0.1, 0.15) is 69.3 Å². The topological polar surface area (TPSA) is 0 Å². The summed E-state index contributed by atoms with van der Waals surface area (Å²) in [4.78, 5) is 0. The van der Waals surface area contributed by atoms with Crippen LogP contribution in [-0.4, -0.2) is 0 Å². The summed E-state index contributed by atoms with van der Waals surface area (Å²) >= 11 is 0. The third kappa shape index (κ3) is 3.70. The highest BCUT2D eigenvalue weighted by molar-refractivity contribution is 5.65. The van der Waals surface area contributed by atoms with E-state index in [0.29, 0.717) is 11.5 Å². The molecule has 0 N–H and O–H groups in total. The molecule has 0 saturated heterocycles. The molecule has 0 radical (unpaired) electrons. The Labute approximate surface area is 164 Å². The molecular weight excluding hydrogens is 364 g/mol. The van der Waals surface area contributed by atoms with Crippen LogP contribution in [0.5, 0.6) is 0 Å². The molecule has 0 aromatic heterocycles. The maximum atomic E-state index is 14.8. The largest absolute Gasteiger partial charge is 0.204 e. The van der Waals surface area contributed by atoms with Gasteiger partial charge in [0.2, 0.25) is 0 Å². The van der Waals surface area contributed by atoms with Gasteiger partial charge < -0.3 is 0 Å². The van der Waals surface area contributed by atoms with Crippen molar-refractivity contribution in [2.75, 3.05) is 0 Å². The minimum absolute atomic E-state index is 0.000692. The fraction of sp³-hybridized carbons (Fsp3) is 0.500. The summed E-state index contributed by atoms with van der Waals surface area (Å²) in [7, 11) is 0. The van der Waals surface area contributed by atoms with Crippen LogP contribution in [0, 0.1) is 35.1 Å². The van der Waals surface area contributed by atoms with Gasteiger partial charge in [0, 0.05) is 11.1 Å². The zero-order valence-corrected chi connectivity index (χ0v) is 16.0. The van der Waals surface area contributed by atoms with Gasteiger partial charge in [0.15, 0.2) is 23.3 Å². The van der Waals surface area contributed by atoms with E-state index in [1.807, 2.05) is 0 Å². The van der Waals surface area contributed by atoms with Crippen molar-refractivity contribution in [1.29, 1.82) is 0 Å². The Morgan fingerprint density at radius 2 is 1.21 bits per heavy atom. The number of rotatable bonds is 3. The second-order valence-corrected chi connectivity index (χ2v) is 8.44. The maximum Gasteiger partial charge on any atom is 0.167 e. The quantitative estimate of drug-likeness (QED) is 0.470. The molecule has 0 aliphatic heterocycles. The number of hydrogen-bond donors (Lipinski definition) is 0. The van der Waals surface area contributed by atoms with Crippen molar-refractivity contribution in [1.82, 2.24) is 0 Å². The van der Waals surface area contributed by atoms with Crippen LogP contribution >= 0.6 is 0 Å². The van der Waals surface area contributed by atoms with Crippen molar-refractivity contribution >= 4 is 0 Å². The van der Waals surface area contributed by atoms with Gasteiger partial charge in [0.1, 0.15) is 0 Å². The summed E-state index contributed by atoms with van der Waals surface area (Å²) in [6, 6.07) is 6.48. The molecule has 0 spiro atoms. The van der Waals surface area contributed by atoms with E-state index < -0.39 is 23.3 Å². The molecule has 2 aromatic carbocycles. The predicted molar refractivity (Wildman–Crippen MR) is 103 cm³/mol. The molecule has 4 heteroatoms. The SMILES string of the molecule is Fc1cccc(-c2ccc(C3CCC(C4CCCCC4)CC3)c(F)c2F)c1F. The van der Waals surface area contributed by atoms with Crippen molar-refractivity contribution in [3.05, 3.63) is 59.2 Å². The Hall–Kier alpha value is -1.84. The normalized spacial score (nSPS) is 23.7. The molecule has 0 atom stereocenters. The molecule has 4 rings (SSSR count). The van der Waals surface area contributed by atoms with E-state index in [9.17, 15) is 17.6 Å². The van der Waals surface area contributed by atoms with E-state index in [2.05, 4.69) is 0 Å². The Kier molecular flexibility index (Phi) is 5.75. The molecule has 2 aliphatic carbocycles.